The average Bonchev–Trinajstić information content (AvgIpc) is 2.95. The summed E-state index contributed by atoms with van der Waals surface area (Å²) in [5.41, 5.74) is 0.0569. The Kier molecular flexibility index (Phi) is 3.02. The van der Waals surface area contributed by atoms with Gasteiger partial charge in [-0.3, -0.25) is 4.90 Å². The molecule has 2 aliphatic rings. The number of carbonyl (C=O) groups is 2. The van der Waals surface area contributed by atoms with Gasteiger partial charge >= 0.3 is 12.1 Å². The minimum absolute atomic E-state index is 0.0590. The lowest BCUT2D eigenvalue weighted by Crippen LogP contribution is -2.50. The Hall–Kier alpha value is -2.28. The molecular weight excluding hydrogens is 276 g/mol. The van der Waals surface area contributed by atoms with Gasteiger partial charge in [-0.15, -0.1) is 0 Å². The van der Waals surface area contributed by atoms with E-state index in [0.29, 0.717) is 5.56 Å². The quantitative estimate of drug-likeness (QED) is 0.739. The van der Waals surface area contributed by atoms with Crippen molar-refractivity contribution >= 4 is 17.7 Å². The highest BCUT2D eigenvalue weighted by Crippen LogP contribution is 2.49. The van der Waals surface area contributed by atoms with Crippen LogP contribution in [0.3, 0.4) is 0 Å². The summed E-state index contributed by atoms with van der Waals surface area (Å²) in [6, 6.07) is 6.33. The van der Waals surface area contributed by atoms with Gasteiger partial charge in [-0.05, 0) is 6.07 Å². The van der Waals surface area contributed by atoms with Crippen LogP contribution in [0.2, 0.25) is 0 Å². The van der Waals surface area contributed by atoms with Crippen LogP contribution in [0, 0.1) is 0 Å². The second kappa shape index (κ2) is 4.63. The maximum atomic E-state index is 12.0. The molecule has 1 saturated heterocycles. The number of anilines is 1. The molecule has 0 bridgehead atoms. The summed E-state index contributed by atoms with van der Waals surface area (Å²) < 4.78 is 9.47. The van der Waals surface area contributed by atoms with E-state index >= 15 is 0 Å². The molecule has 1 fully saturated rings. The number of nitrogens with one attached hydrogen (secondary N) is 1. The third-order valence-electron chi connectivity index (χ3n) is 4.12. The van der Waals surface area contributed by atoms with Crippen LogP contribution in [0.25, 0.3) is 0 Å². The van der Waals surface area contributed by atoms with Gasteiger partial charge in [0, 0.05) is 17.7 Å². The predicted octanol–water partition coefficient (Wildman–Crippen LogP) is 0.639. The molecule has 2 aliphatic heterocycles. The van der Waals surface area contributed by atoms with E-state index in [-0.39, 0.29) is 6.42 Å². The van der Waals surface area contributed by atoms with Crippen LogP contribution in [0.1, 0.15) is 12.0 Å². The van der Waals surface area contributed by atoms with Gasteiger partial charge in [0.25, 0.3) is 0 Å². The first-order valence-corrected chi connectivity index (χ1v) is 6.55. The molecule has 1 aromatic carbocycles. The zero-order valence-electron chi connectivity index (χ0n) is 11.7. The number of amides is 1. The highest BCUT2D eigenvalue weighted by Gasteiger charge is 2.61. The lowest BCUT2D eigenvalue weighted by atomic mass is 9.91. The Bertz CT molecular complexity index is 605. The molecule has 7 nitrogen and oxygen atoms in total. The molecule has 1 amide bonds. The van der Waals surface area contributed by atoms with Crippen LogP contribution in [0.4, 0.5) is 10.5 Å². The number of rotatable bonds is 1. The van der Waals surface area contributed by atoms with Gasteiger partial charge in [-0.2, -0.15) is 0 Å². The van der Waals surface area contributed by atoms with Crippen molar-refractivity contribution in [2.75, 3.05) is 19.5 Å². The number of benzene rings is 1. The number of carbonyl (C=O) groups excluding carboxylic acids is 2. The van der Waals surface area contributed by atoms with Crippen molar-refractivity contribution in [1.82, 2.24) is 4.90 Å². The van der Waals surface area contributed by atoms with Crippen molar-refractivity contribution in [3.05, 3.63) is 29.8 Å². The van der Waals surface area contributed by atoms with Crippen molar-refractivity contribution in [1.29, 1.82) is 0 Å². The number of nitrogens with zero attached hydrogens (tertiary/aromatic N) is 1. The topological polar surface area (TPSA) is 88.1 Å². The van der Waals surface area contributed by atoms with Crippen LogP contribution >= 0.6 is 0 Å². The fraction of sp³-hybridized carbons (Fsp3) is 0.429. The molecule has 21 heavy (non-hydrogen) atoms. The molecule has 0 unspecified atom stereocenters. The predicted molar refractivity (Wildman–Crippen MR) is 72.4 cm³/mol. The number of para-hydroxylation sites is 1. The molecule has 0 aliphatic carbocycles. The molecule has 3 rings (SSSR count). The van der Waals surface area contributed by atoms with Gasteiger partial charge < -0.3 is 19.9 Å². The minimum Gasteiger partial charge on any atom is -0.467 e. The molecule has 0 radical (unpaired) electrons. The number of fused-ring (bicyclic) bond motifs is 3. The summed E-state index contributed by atoms with van der Waals surface area (Å²) in [5.74, 6) is -0.581. The molecule has 0 saturated carbocycles. The van der Waals surface area contributed by atoms with E-state index in [9.17, 15) is 14.7 Å². The Morgan fingerprint density at radius 3 is 2.71 bits per heavy atom. The van der Waals surface area contributed by atoms with Crippen molar-refractivity contribution in [2.45, 2.75) is 24.2 Å². The van der Waals surface area contributed by atoms with E-state index in [1.165, 1.54) is 19.1 Å². The van der Waals surface area contributed by atoms with Crippen molar-refractivity contribution in [3.63, 3.8) is 0 Å². The number of aliphatic hydroxyl groups is 1. The summed E-state index contributed by atoms with van der Waals surface area (Å²) >= 11 is 0. The van der Waals surface area contributed by atoms with Crippen LogP contribution in [0.5, 0.6) is 0 Å². The first-order valence-electron chi connectivity index (χ1n) is 6.55. The van der Waals surface area contributed by atoms with E-state index in [0.717, 1.165) is 5.69 Å². The van der Waals surface area contributed by atoms with E-state index in [4.69, 9.17) is 9.47 Å². The summed E-state index contributed by atoms with van der Waals surface area (Å²) in [6.45, 7) is 0. The molecule has 112 valence electrons. The largest absolute Gasteiger partial charge is 0.467 e. The second-order valence-electron chi connectivity index (χ2n) is 5.14. The number of hydrogen-bond donors (Lipinski definition) is 2. The maximum Gasteiger partial charge on any atom is 0.412 e. The molecular formula is C14H16N2O5. The Morgan fingerprint density at radius 1 is 1.33 bits per heavy atom. The second-order valence-corrected chi connectivity index (χ2v) is 5.14. The van der Waals surface area contributed by atoms with Crippen LogP contribution in [0.15, 0.2) is 24.3 Å². The van der Waals surface area contributed by atoms with Crippen molar-refractivity contribution < 1.29 is 24.2 Å². The van der Waals surface area contributed by atoms with Crippen molar-refractivity contribution in [3.8, 4) is 0 Å². The highest BCUT2D eigenvalue weighted by atomic mass is 16.5. The van der Waals surface area contributed by atoms with Crippen LogP contribution in [-0.4, -0.2) is 48.5 Å². The number of hydrogen-bond acceptors (Lipinski definition) is 6. The Labute approximate surface area is 121 Å². The number of likely N-dealkylation sites (tertiary alicyclic amines) is 1. The zero-order valence-corrected chi connectivity index (χ0v) is 11.7. The van der Waals surface area contributed by atoms with E-state index in [1.807, 2.05) is 12.1 Å². The van der Waals surface area contributed by atoms with Gasteiger partial charge in [0.15, 0.2) is 0 Å². The first-order chi connectivity index (χ1) is 10.0. The summed E-state index contributed by atoms with van der Waals surface area (Å²) in [4.78, 5) is 25.1. The highest BCUT2D eigenvalue weighted by molar-refractivity contribution is 5.84. The smallest absolute Gasteiger partial charge is 0.412 e. The fourth-order valence-electron chi connectivity index (χ4n) is 3.17. The minimum atomic E-state index is -1.34. The van der Waals surface area contributed by atoms with E-state index in [1.54, 1.807) is 12.1 Å². The third kappa shape index (κ3) is 1.77. The van der Waals surface area contributed by atoms with Gasteiger partial charge in [0.1, 0.15) is 17.8 Å². The molecule has 2 N–H and O–H groups in total. The maximum absolute atomic E-state index is 12.0. The number of esters is 1. The van der Waals surface area contributed by atoms with E-state index in [2.05, 4.69) is 5.32 Å². The van der Waals surface area contributed by atoms with Gasteiger partial charge in [-0.1, -0.05) is 18.2 Å². The van der Waals surface area contributed by atoms with Crippen molar-refractivity contribution in [2.24, 2.45) is 0 Å². The molecule has 2 heterocycles. The lowest BCUT2D eigenvalue weighted by molar-refractivity contribution is -0.145. The van der Waals surface area contributed by atoms with Crippen LogP contribution in [-0.2, 0) is 19.9 Å². The normalized spacial score (nSPS) is 29.4. The SMILES string of the molecule is COC(=O)[C@H]1C[C@@]2(O)c3ccccc3N[C@H]2N1C(=O)OC. The summed E-state index contributed by atoms with van der Waals surface area (Å²) in [6.07, 6.45) is -1.39. The van der Waals surface area contributed by atoms with E-state index < -0.39 is 29.9 Å². The lowest BCUT2D eigenvalue weighted by Gasteiger charge is -2.28. The van der Waals surface area contributed by atoms with Crippen LogP contribution < -0.4 is 5.32 Å². The monoisotopic (exact) mass is 292 g/mol. The average molecular weight is 292 g/mol. The fourth-order valence-corrected chi connectivity index (χ4v) is 3.17. The third-order valence-corrected chi connectivity index (χ3v) is 4.12. The number of ether oxygens (including phenoxy) is 2. The standard InChI is InChI=1S/C14H16N2O5/c1-20-11(17)10-7-14(19)8-5-3-4-6-9(8)15-12(14)16(10)13(18)21-2/h3-6,10,12,15,19H,7H2,1-2H3/t10-,12+,14-/m1/s1. The molecule has 1 aromatic rings. The van der Waals surface area contributed by atoms with Gasteiger partial charge in [0.2, 0.25) is 0 Å². The molecule has 7 heteroatoms. The number of methoxy groups -OCH3 is 2. The van der Waals surface area contributed by atoms with Gasteiger partial charge in [0.05, 0.1) is 14.2 Å². The van der Waals surface area contributed by atoms with Gasteiger partial charge in [-0.25, -0.2) is 9.59 Å². The zero-order chi connectivity index (χ0) is 15.2. The first kappa shape index (κ1) is 13.7. The summed E-state index contributed by atoms with van der Waals surface area (Å²) in [7, 11) is 2.48. The summed E-state index contributed by atoms with van der Waals surface area (Å²) in [5, 5.41) is 14.1. The Balaban J connectivity index is 2.05. The Morgan fingerprint density at radius 2 is 2.05 bits per heavy atom. The molecule has 0 aromatic heterocycles. The molecule has 0 spiro atoms. The molecule has 3 atom stereocenters.